The molecule has 1 fully saturated rings. The molecule has 0 aromatic heterocycles. The fourth-order valence-corrected chi connectivity index (χ4v) is 2.71. The van der Waals surface area contributed by atoms with Gasteiger partial charge in [0.2, 0.25) is 12.0 Å². The molecule has 31 heavy (non-hydrogen) atoms. The summed E-state index contributed by atoms with van der Waals surface area (Å²) in [5.41, 5.74) is 3.70. The van der Waals surface area contributed by atoms with E-state index in [0.29, 0.717) is 0 Å². The molecule has 1 aliphatic heterocycles. The maximum Gasteiger partial charge on any atom is 0.304 e. The Labute approximate surface area is 191 Å². The van der Waals surface area contributed by atoms with Crippen LogP contribution in [0.4, 0.5) is 0 Å². The first-order valence-corrected chi connectivity index (χ1v) is 9.65. The van der Waals surface area contributed by atoms with Gasteiger partial charge < -0.3 is 28.4 Å². The molecule has 0 amide bonds. The Morgan fingerprint density at radius 1 is 0.968 bits per heavy atom. The molecule has 0 spiro atoms. The molecule has 3 N–H and O–H groups in total. The van der Waals surface area contributed by atoms with Gasteiger partial charge in [-0.2, -0.15) is 0 Å². The van der Waals surface area contributed by atoms with E-state index in [9.17, 15) is 19.2 Å². The number of carbonyl (C=O) groups excluding carboxylic acids is 4. The monoisotopic (exact) mass is 506 g/mol. The Balaban J connectivity index is 3.52. The van der Waals surface area contributed by atoms with E-state index in [-0.39, 0.29) is 0 Å². The predicted octanol–water partition coefficient (Wildman–Crippen LogP) is 0.720. The van der Waals surface area contributed by atoms with Crippen molar-refractivity contribution < 1.29 is 47.6 Å². The topological polar surface area (TPSA) is 174 Å². The van der Waals surface area contributed by atoms with Crippen molar-refractivity contribution in [1.82, 2.24) is 0 Å². The van der Waals surface area contributed by atoms with E-state index in [0.717, 1.165) is 27.7 Å². The van der Waals surface area contributed by atoms with Gasteiger partial charge in [-0.05, 0) is 0 Å². The minimum Gasteiger partial charge on any atom is -0.463 e. The van der Waals surface area contributed by atoms with Gasteiger partial charge in [0.15, 0.2) is 6.10 Å². The second-order valence-electron chi connectivity index (χ2n) is 6.31. The van der Waals surface area contributed by atoms with Crippen LogP contribution in [0.3, 0.4) is 0 Å². The van der Waals surface area contributed by atoms with Gasteiger partial charge in [0, 0.05) is 27.7 Å². The highest BCUT2D eigenvalue weighted by atomic mass is 35.6. The Bertz CT molecular complexity index is 744. The van der Waals surface area contributed by atoms with Crippen LogP contribution in [0.5, 0.6) is 0 Å². The first kappa shape index (κ1) is 27.2. The van der Waals surface area contributed by atoms with Gasteiger partial charge in [0.05, 0.1) is 0 Å². The summed E-state index contributed by atoms with van der Waals surface area (Å²) < 4.78 is 28.7. The number of rotatable bonds is 6. The van der Waals surface area contributed by atoms with E-state index in [1.54, 1.807) is 0 Å². The first-order valence-electron chi connectivity index (χ1n) is 8.52. The molecule has 0 saturated carbocycles. The molecule has 0 aromatic rings. The smallest absolute Gasteiger partial charge is 0.304 e. The number of hydrogen-bond donors (Lipinski definition) is 2. The highest BCUT2D eigenvalue weighted by Gasteiger charge is 2.62. The number of halogens is 3. The molecule has 15 heteroatoms. The standard InChI is InChI=1S/C16H21Cl3N2O10/c1-6(22)26-5-10-11(27-7(2)23)12(28-8(3)24)15(21,31-9(4)25)14(29-10)30-13(20)16(17,18)19/h10-12,14,20H,5,21H2,1-4H3/t10?,11-,12-,14?,15?/m0/s1. The summed E-state index contributed by atoms with van der Waals surface area (Å²) in [5, 5.41) is 7.77. The molecule has 1 aliphatic rings. The maximum atomic E-state index is 11.7. The lowest BCUT2D eigenvalue weighted by Gasteiger charge is -2.49. The number of esters is 4. The van der Waals surface area contributed by atoms with Crippen LogP contribution in [-0.4, -0.2) is 70.5 Å². The third kappa shape index (κ3) is 7.65. The van der Waals surface area contributed by atoms with Crippen molar-refractivity contribution in [2.75, 3.05) is 6.61 Å². The predicted molar refractivity (Wildman–Crippen MR) is 104 cm³/mol. The van der Waals surface area contributed by atoms with Crippen LogP contribution in [-0.2, 0) is 47.6 Å². The lowest BCUT2D eigenvalue weighted by molar-refractivity contribution is -0.328. The van der Waals surface area contributed by atoms with Gasteiger partial charge in [-0.25, -0.2) is 0 Å². The molecule has 0 aromatic carbocycles. The molecule has 0 bridgehead atoms. The number of nitrogens with one attached hydrogen (secondary N) is 1. The number of alkyl halides is 3. The molecule has 0 aliphatic carbocycles. The van der Waals surface area contributed by atoms with Crippen LogP contribution >= 0.6 is 34.8 Å². The quantitative estimate of drug-likeness (QED) is 0.129. The largest absolute Gasteiger partial charge is 0.463 e. The highest BCUT2D eigenvalue weighted by Crippen LogP contribution is 2.37. The van der Waals surface area contributed by atoms with E-state index in [2.05, 4.69) is 0 Å². The fraction of sp³-hybridized carbons (Fsp3) is 0.688. The normalized spacial score (nSPS) is 28.1. The molecule has 3 unspecified atom stereocenters. The van der Waals surface area contributed by atoms with Gasteiger partial charge in [0.25, 0.3) is 15.8 Å². The van der Waals surface area contributed by atoms with E-state index in [4.69, 9.17) is 74.4 Å². The third-order valence-corrected chi connectivity index (χ3v) is 4.14. The first-order chi connectivity index (χ1) is 14.1. The molecule has 12 nitrogen and oxygen atoms in total. The zero-order chi connectivity index (χ0) is 24.1. The van der Waals surface area contributed by atoms with Crippen molar-refractivity contribution in [3.05, 3.63) is 0 Å². The minimum absolute atomic E-state index is 0.526. The van der Waals surface area contributed by atoms with Crippen molar-refractivity contribution in [2.24, 2.45) is 5.73 Å². The molecular formula is C16H21Cl3N2O10. The van der Waals surface area contributed by atoms with Crippen LogP contribution in [0.15, 0.2) is 0 Å². The summed E-state index contributed by atoms with van der Waals surface area (Å²) in [7, 11) is 0. The summed E-state index contributed by atoms with van der Waals surface area (Å²) in [4.78, 5) is 46.4. The minimum atomic E-state index is -2.48. The molecule has 176 valence electrons. The second kappa shape index (κ2) is 10.6. The second-order valence-corrected chi connectivity index (χ2v) is 8.59. The third-order valence-electron chi connectivity index (χ3n) is 3.62. The Morgan fingerprint density at radius 2 is 1.52 bits per heavy atom. The van der Waals surface area contributed by atoms with E-state index in [1.807, 2.05) is 0 Å². The van der Waals surface area contributed by atoms with Crippen molar-refractivity contribution in [3.8, 4) is 0 Å². The molecular weight excluding hydrogens is 487 g/mol. The Kier molecular flexibility index (Phi) is 9.33. The fourth-order valence-electron chi connectivity index (χ4n) is 2.58. The maximum absolute atomic E-state index is 11.7. The summed E-state index contributed by atoms with van der Waals surface area (Å²) in [5.74, 6) is -4.43. The Hall–Kier alpha value is -1.86. The van der Waals surface area contributed by atoms with E-state index >= 15 is 0 Å². The lowest BCUT2D eigenvalue weighted by atomic mass is 9.93. The lowest BCUT2D eigenvalue weighted by Crippen LogP contribution is -2.74. The average Bonchev–Trinajstić information content (AvgIpc) is 2.57. The Morgan fingerprint density at radius 3 is 1.94 bits per heavy atom. The van der Waals surface area contributed by atoms with E-state index < -0.39 is 70.5 Å². The van der Waals surface area contributed by atoms with Gasteiger partial charge in [-0.3, -0.25) is 30.3 Å². The molecule has 1 rings (SSSR count). The number of carbonyl (C=O) groups is 4. The van der Waals surface area contributed by atoms with Gasteiger partial charge >= 0.3 is 23.9 Å². The van der Waals surface area contributed by atoms with Crippen molar-refractivity contribution in [2.45, 2.75) is 61.8 Å². The molecule has 0 radical (unpaired) electrons. The van der Waals surface area contributed by atoms with Crippen LogP contribution in [0.1, 0.15) is 27.7 Å². The summed E-state index contributed by atoms with van der Waals surface area (Å²) >= 11 is 16.8. The SMILES string of the molecule is CC(=O)OCC1OC(OC(=N)C(Cl)(Cl)Cl)C(N)(OC(C)=O)[C@@H](OC(C)=O)[C@H]1OC(C)=O. The number of ether oxygens (including phenoxy) is 6. The summed E-state index contributed by atoms with van der Waals surface area (Å²) in [6.45, 7) is 3.60. The van der Waals surface area contributed by atoms with Crippen molar-refractivity contribution >= 4 is 64.6 Å². The van der Waals surface area contributed by atoms with Crippen LogP contribution in [0.2, 0.25) is 0 Å². The van der Waals surface area contributed by atoms with Crippen LogP contribution in [0, 0.1) is 5.41 Å². The van der Waals surface area contributed by atoms with Gasteiger partial charge in [0.1, 0.15) is 12.7 Å². The zero-order valence-corrected chi connectivity index (χ0v) is 19.1. The highest BCUT2D eigenvalue weighted by molar-refractivity contribution is 6.76. The molecule has 5 atom stereocenters. The zero-order valence-electron chi connectivity index (χ0n) is 16.8. The van der Waals surface area contributed by atoms with Gasteiger partial charge in [-0.1, -0.05) is 34.8 Å². The van der Waals surface area contributed by atoms with Crippen LogP contribution < -0.4 is 5.73 Å². The summed E-state index contributed by atoms with van der Waals surface area (Å²) in [6, 6.07) is 0. The number of nitrogens with two attached hydrogens (primary N) is 1. The van der Waals surface area contributed by atoms with Crippen LogP contribution in [0.25, 0.3) is 0 Å². The van der Waals surface area contributed by atoms with Crippen molar-refractivity contribution in [3.63, 3.8) is 0 Å². The average molecular weight is 508 g/mol. The molecule has 1 saturated heterocycles. The molecule has 1 heterocycles. The summed E-state index contributed by atoms with van der Waals surface area (Å²) in [6.07, 6.45) is -6.53. The van der Waals surface area contributed by atoms with E-state index in [1.165, 1.54) is 0 Å². The van der Waals surface area contributed by atoms with Gasteiger partial charge in [-0.15, -0.1) is 0 Å². The number of hydrogen-bond acceptors (Lipinski definition) is 12. The van der Waals surface area contributed by atoms with Crippen molar-refractivity contribution in [1.29, 1.82) is 5.41 Å².